The van der Waals surface area contributed by atoms with Crippen LogP contribution < -0.4 is 0 Å². The molecule has 0 radical (unpaired) electrons. The number of halogens is 1. The lowest BCUT2D eigenvalue weighted by molar-refractivity contribution is -0.140. The molecule has 6 nitrogen and oxygen atoms in total. The van der Waals surface area contributed by atoms with Crippen LogP contribution in [0.3, 0.4) is 0 Å². The minimum Gasteiger partial charge on any atom is -0.339 e. The Morgan fingerprint density at radius 1 is 1.28 bits per heavy atom. The highest BCUT2D eigenvalue weighted by atomic mass is 19.1. The third-order valence-electron chi connectivity index (χ3n) is 6.18. The van der Waals surface area contributed by atoms with E-state index in [1.165, 1.54) is 12.1 Å². The normalized spacial score (nSPS) is 22.0. The highest BCUT2D eigenvalue weighted by Crippen LogP contribution is 2.32. The van der Waals surface area contributed by atoms with Crippen LogP contribution in [-0.2, 0) is 18.3 Å². The van der Waals surface area contributed by atoms with Crippen LogP contribution in [0.4, 0.5) is 4.39 Å². The first-order valence-corrected chi connectivity index (χ1v) is 10.3. The van der Waals surface area contributed by atoms with E-state index >= 15 is 0 Å². The van der Waals surface area contributed by atoms with E-state index in [9.17, 15) is 14.0 Å². The van der Waals surface area contributed by atoms with E-state index in [1.807, 2.05) is 28.9 Å². The van der Waals surface area contributed by atoms with Crippen LogP contribution in [-0.4, -0.2) is 57.1 Å². The lowest BCUT2D eigenvalue weighted by Crippen LogP contribution is -2.57. The number of carbonyl (C=O) groups excluding carboxylic acids is 2. The highest BCUT2D eigenvalue weighted by Gasteiger charge is 2.40. The SMILES string of the molecule is Cc1cc(C(=O)N2CC[C@H]3[C@H](CCC(=O)N3CCc3cccc(F)c3)C2)n(C)n1. The van der Waals surface area contributed by atoms with Crippen LogP contribution in [0.15, 0.2) is 30.3 Å². The molecule has 29 heavy (non-hydrogen) atoms. The second kappa shape index (κ2) is 7.97. The highest BCUT2D eigenvalue weighted by molar-refractivity contribution is 5.92. The lowest BCUT2D eigenvalue weighted by Gasteiger charge is -2.47. The van der Waals surface area contributed by atoms with Crippen LogP contribution >= 0.6 is 0 Å². The summed E-state index contributed by atoms with van der Waals surface area (Å²) in [6.45, 7) is 3.77. The number of benzene rings is 1. The molecular formula is C22H27FN4O2. The van der Waals surface area contributed by atoms with Gasteiger partial charge in [0.25, 0.3) is 5.91 Å². The molecule has 2 amide bonds. The molecule has 0 unspecified atom stereocenters. The Bertz CT molecular complexity index is 925. The molecule has 4 rings (SSSR count). The van der Waals surface area contributed by atoms with Crippen molar-refractivity contribution in [1.82, 2.24) is 19.6 Å². The van der Waals surface area contributed by atoms with Gasteiger partial charge in [-0.05, 0) is 55.9 Å². The van der Waals surface area contributed by atoms with Crippen molar-refractivity contribution in [3.8, 4) is 0 Å². The fourth-order valence-corrected chi connectivity index (χ4v) is 4.74. The van der Waals surface area contributed by atoms with E-state index in [-0.39, 0.29) is 29.6 Å². The van der Waals surface area contributed by atoms with Gasteiger partial charge >= 0.3 is 0 Å². The van der Waals surface area contributed by atoms with Gasteiger partial charge in [0.15, 0.2) is 0 Å². The zero-order valence-corrected chi connectivity index (χ0v) is 17.0. The maximum Gasteiger partial charge on any atom is 0.272 e. The second-order valence-electron chi connectivity index (χ2n) is 8.17. The van der Waals surface area contributed by atoms with Gasteiger partial charge in [0.1, 0.15) is 11.5 Å². The van der Waals surface area contributed by atoms with Crippen molar-refractivity contribution < 1.29 is 14.0 Å². The number of fused-ring (bicyclic) bond motifs is 1. The molecule has 154 valence electrons. The summed E-state index contributed by atoms with van der Waals surface area (Å²) in [5.41, 5.74) is 2.34. The van der Waals surface area contributed by atoms with Gasteiger partial charge in [-0.3, -0.25) is 14.3 Å². The first kappa shape index (κ1) is 19.6. The number of likely N-dealkylation sites (tertiary alicyclic amines) is 2. The second-order valence-corrected chi connectivity index (χ2v) is 8.17. The molecule has 2 aliphatic heterocycles. The Labute approximate surface area is 170 Å². The molecule has 3 heterocycles. The quantitative estimate of drug-likeness (QED) is 0.795. The van der Waals surface area contributed by atoms with Crippen molar-refractivity contribution in [3.63, 3.8) is 0 Å². The van der Waals surface area contributed by atoms with Crippen LogP contribution in [0, 0.1) is 18.7 Å². The number of amides is 2. The van der Waals surface area contributed by atoms with Crippen molar-refractivity contribution in [2.45, 2.75) is 38.6 Å². The third-order valence-corrected chi connectivity index (χ3v) is 6.18. The number of hydrogen-bond acceptors (Lipinski definition) is 3. The summed E-state index contributed by atoms with van der Waals surface area (Å²) < 4.78 is 15.1. The topological polar surface area (TPSA) is 58.4 Å². The molecule has 2 atom stereocenters. The third kappa shape index (κ3) is 4.04. The van der Waals surface area contributed by atoms with Crippen molar-refractivity contribution in [1.29, 1.82) is 0 Å². The average molecular weight is 398 g/mol. The first-order valence-electron chi connectivity index (χ1n) is 10.3. The van der Waals surface area contributed by atoms with Crippen LogP contribution in [0.2, 0.25) is 0 Å². The Balaban J connectivity index is 1.42. The summed E-state index contributed by atoms with van der Waals surface area (Å²) in [6, 6.07) is 8.54. The Morgan fingerprint density at radius 2 is 2.10 bits per heavy atom. The van der Waals surface area contributed by atoms with Gasteiger partial charge in [0.05, 0.1) is 5.69 Å². The Morgan fingerprint density at radius 3 is 2.83 bits per heavy atom. The number of hydrogen-bond donors (Lipinski definition) is 0. The van der Waals surface area contributed by atoms with Gasteiger partial charge in [0.2, 0.25) is 5.91 Å². The zero-order valence-electron chi connectivity index (χ0n) is 17.0. The summed E-state index contributed by atoms with van der Waals surface area (Å²) in [5.74, 6) is 0.217. The van der Waals surface area contributed by atoms with Gasteiger partial charge in [-0.25, -0.2) is 4.39 Å². The van der Waals surface area contributed by atoms with Crippen molar-refractivity contribution in [3.05, 3.63) is 53.1 Å². The molecule has 0 N–H and O–H groups in total. The predicted octanol–water partition coefficient (Wildman–Crippen LogP) is 2.56. The van der Waals surface area contributed by atoms with Gasteiger partial charge in [-0.1, -0.05) is 12.1 Å². The average Bonchev–Trinajstić information content (AvgIpc) is 3.04. The summed E-state index contributed by atoms with van der Waals surface area (Å²) in [5, 5.41) is 4.28. The maximum absolute atomic E-state index is 13.4. The van der Waals surface area contributed by atoms with E-state index in [1.54, 1.807) is 17.8 Å². The smallest absolute Gasteiger partial charge is 0.272 e. The molecular weight excluding hydrogens is 371 g/mol. The molecule has 0 saturated carbocycles. The molecule has 2 saturated heterocycles. The van der Waals surface area contributed by atoms with Crippen molar-refractivity contribution in [2.24, 2.45) is 13.0 Å². The van der Waals surface area contributed by atoms with E-state index in [4.69, 9.17) is 0 Å². The van der Waals surface area contributed by atoms with Crippen LogP contribution in [0.25, 0.3) is 0 Å². The van der Waals surface area contributed by atoms with E-state index < -0.39 is 0 Å². The number of rotatable bonds is 4. The molecule has 0 bridgehead atoms. The molecule has 0 spiro atoms. The lowest BCUT2D eigenvalue weighted by atomic mass is 9.83. The molecule has 1 aromatic carbocycles. The monoisotopic (exact) mass is 398 g/mol. The number of carbonyl (C=O) groups is 2. The molecule has 2 aliphatic rings. The minimum absolute atomic E-state index is 0.00904. The number of nitrogens with zero attached hydrogens (tertiary/aromatic N) is 4. The molecule has 0 aliphatic carbocycles. The number of aryl methyl sites for hydroxylation is 2. The summed E-state index contributed by atoms with van der Waals surface area (Å²) in [4.78, 5) is 29.4. The summed E-state index contributed by atoms with van der Waals surface area (Å²) in [7, 11) is 1.79. The minimum atomic E-state index is -0.248. The number of piperidine rings is 2. The number of aromatic nitrogens is 2. The maximum atomic E-state index is 13.4. The molecule has 2 aromatic rings. The van der Waals surface area contributed by atoms with Gasteiger partial charge in [-0.15, -0.1) is 0 Å². The van der Waals surface area contributed by atoms with Gasteiger partial charge < -0.3 is 9.80 Å². The Hall–Kier alpha value is -2.70. The molecule has 1 aromatic heterocycles. The van der Waals surface area contributed by atoms with E-state index in [2.05, 4.69) is 5.10 Å². The summed E-state index contributed by atoms with van der Waals surface area (Å²) in [6.07, 6.45) is 2.75. The van der Waals surface area contributed by atoms with Gasteiger partial charge in [-0.2, -0.15) is 5.10 Å². The largest absolute Gasteiger partial charge is 0.339 e. The zero-order chi connectivity index (χ0) is 20.5. The molecule has 7 heteroatoms. The van der Waals surface area contributed by atoms with Gasteiger partial charge in [0, 0.05) is 39.1 Å². The predicted molar refractivity (Wildman–Crippen MR) is 107 cm³/mol. The van der Waals surface area contributed by atoms with Crippen molar-refractivity contribution >= 4 is 11.8 Å². The first-order chi connectivity index (χ1) is 13.9. The summed E-state index contributed by atoms with van der Waals surface area (Å²) >= 11 is 0. The van der Waals surface area contributed by atoms with E-state index in [0.29, 0.717) is 38.2 Å². The Kier molecular flexibility index (Phi) is 5.39. The molecule has 2 fully saturated rings. The van der Waals surface area contributed by atoms with Crippen molar-refractivity contribution in [2.75, 3.05) is 19.6 Å². The fraction of sp³-hybridized carbons (Fsp3) is 0.500. The fourth-order valence-electron chi connectivity index (χ4n) is 4.74. The van der Waals surface area contributed by atoms with Crippen LogP contribution in [0.1, 0.15) is 41.0 Å². The van der Waals surface area contributed by atoms with Crippen LogP contribution in [0.5, 0.6) is 0 Å². The standard InChI is InChI=1S/C22H27FN4O2/c1-15-12-20(25(2)24-15)22(29)26-10-9-19-17(14-26)6-7-21(28)27(19)11-8-16-4-3-5-18(23)13-16/h3-5,12-13,17,19H,6-11,14H2,1-2H3/t17-,19+/m1/s1. The van der Waals surface area contributed by atoms with E-state index in [0.717, 1.165) is 24.1 Å².